The van der Waals surface area contributed by atoms with E-state index in [4.69, 9.17) is 0 Å². The molecule has 0 aromatic heterocycles. The van der Waals surface area contributed by atoms with Crippen LogP contribution < -0.4 is 5.32 Å². The van der Waals surface area contributed by atoms with Crippen molar-refractivity contribution in [1.29, 1.82) is 0 Å². The number of nitrogens with one attached hydrogen (secondary N) is 1. The van der Waals surface area contributed by atoms with Gasteiger partial charge in [-0.2, -0.15) is 0 Å². The van der Waals surface area contributed by atoms with Crippen molar-refractivity contribution in [3.63, 3.8) is 0 Å². The summed E-state index contributed by atoms with van der Waals surface area (Å²) in [5, 5.41) is 3.43. The molecule has 1 aliphatic heterocycles. The highest BCUT2D eigenvalue weighted by atomic mass is 19.1. The molecule has 1 saturated heterocycles. The Kier molecular flexibility index (Phi) is 7.06. The van der Waals surface area contributed by atoms with Crippen LogP contribution in [-0.2, 0) is 11.2 Å². The molecular weight excluding hydrogens is 387 g/mol. The maximum atomic E-state index is 13.4. The van der Waals surface area contributed by atoms with Gasteiger partial charge in [-0.1, -0.05) is 56.3 Å². The van der Waals surface area contributed by atoms with E-state index >= 15 is 0 Å². The summed E-state index contributed by atoms with van der Waals surface area (Å²) in [5.74, 6) is 1.44. The molecule has 1 heterocycles. The topological polar surface area (TPSA) is 32.3 Å². The van der Waals surface area contributed by atoms with E-state index in [0.717, 1.165) is 50.0 Å². The van der Waals surface area contributed by atoms with Crippen molar-refractivity contribution in [1.82, 2.24) is 10.2 Å². The molecular formula is C27H35FN2O. The quantitative estimate of drug-likeness (QED) is 0.647. The van der Waals surface area contributed by atoms with E-state index in [-0.39, 0.29) is 29.6 Å². The van der Waals surface area contributed by atoms with E-state index in [0.29, 0.717) is 11.8 Å². The smallest absolute Gasteiger partial charge is 0.228 e. The number of aryl methyl sites for hydroxylation is 1. The Morgan fingerprint density at radius 1 is 1.10 bits per heavy atom. The van der Waals surface area contributed by atoms with Crippen LogP contribution in [0.2, 0.25) is 0 Å². The lowest BCUT2D eigenvalue weighted by Gasteiger charge is -2.26. The normalized spacial score (nSPS) is 24.3. The van der Waals surface area contributed by atoms with E-state index in [1.54, 1.807) is 12.1 Å². The van der Waals surface area contributed by atoms with Crippen molar-refractivity contribution in [3.8, 4) is 0 Å². The molecule has 0 spiro atoms. The van der Waals surface area contributed by atoms with Gasteiger partial charge in [0.05, 0.1) is 5.92 Å². The van der Waals surface area contributed by atoms with Crippen LogP contribution >= 0.6 is 0 Å². The molecule has 1 N–H and O–H groups in total. The van der Waals surface area contributed by atoms with E-state index < -0.39 is 0 Å². The SMILES string of the molecule is CC(C)C(C(=O)N[C@H]1CC[C@@H]2CN(CCCc3cccc(F)c3)C[C@@H]21)c1ccccc1. The Balaban J connectivity index is 1.30. The summed E-state index contributed by atoms with van der Waals surface area (Å²) < 4.78 is 13.4. The third-order valence-corrected chi connectivity index (χ3v) is 7.20. The summed E-state index contributed by atoms with van der Waals surface area (Å²) >= 11 is 0. The fourth-order valence-electron chi connectivity index (χ4n) is 5.69. The first kappa shape index (κ1) is 22.0. The van der Waals surface area contributed by atoms with Crippen LogP contribution in [0.3, 0.4) is 0 Å². The molecule has 1 aliphatic carbocycles. The number of rotatable bonds is 8. The maximum Gasteiger partial charge on any atom is 0.228 e. The average molecular weight is 423 g/mol. The predicted octanol–water partition coefficient (Wildman–Crippen LogP) is 5.02. The largest absolute Gasteiger partial charge is 0.352 e. The van der Waals surface area contributed by atoms with Crippen LogP contribution in [0.5, 0.6) is 0 Å². The first-order valence-corrected chi connectivity index (χ1v) is 11.8. The molecule has 4 heteroatoms. The third kappa shape index (κ3) is 5.35. The molecule has 1 unspecified atom stereocenters. The number of fused-ring (bicyclic) bond motifs is 1. The molecule has 2 aliphatic rings. The number of hydrogen-bond donors (Lipinski definition) is 1. The summed E-state index contributed by atoms with van der Waals surface area (Å²) in [5.41, 5.74) is 2.18. The number of carbonyl (C=O) groups is 1. The highest BCUT2D eigenvalue weighted by Gasteiger charge is 2.43. The van der Waals surface area contributed by atoms with Gasteiger partial charge < -0.3 is 10.2 Å². The lowest BCUT2D eigenvalue weighted by atomic mass is 9.87. The number of hydrogen-bond acceptors (Lipinski definition) is 2. The van der Waals surface area contributed by atoms with E-state index in [1.807, 2.05) is 24.3 Å². The lowest BCUT2D eigenvalue weighted by Crippen LogP contribution is -2.43. The van der Waals surface area contributed by atoms with Crippen molar-refractivity contribution in [2.45, 2.75) is 51.5 Å². The maximum absolute atomic E-state index is 13.4. The summed E-state index contributed by atoms with van der Waals surface area (Å²) in [7, 11) is 0. The zero-order chi connectivity index (χ0) is 21.8. The van der Waals surface area contributed by atoms with Crippen LogP contribution in [0.15, 0.2) is 54.6 Å². The average Bonchev–Trinajstić information content (AvgIpc) is 3.30. The minimum atomic E-state index is -0.151. The first-order chi connectivity index (χ1) is 15.0. The molecule has 166 valence electrons. The van der Waals surface area contributed by atoms with Gasteiger partial charge in [-0.3, -0.25) is 4.79 Å². The monoisotopic (exact) mass is 422 g/mol. The summed E-state index contributed by atoms with van der Waals surface area (Å²) in [6.45, 7) is 7.50. The fraction of sp³-hybridized carbons (Fsp3) is 0.519. The Morgan fingerprint density at radius 3 is 2.65 bits per heavy atom. The molecule has 4 rings (SSSR count). The number of nitrogens with zero attached hydrogens (tertiary/aromatic N) is 1. The van der Waals surface area contributed by atoms with Crippen molar-refractivity contribution < 1.29 is 9.18 Å². The Hall–Kier alpha value is -2.20. The highest BCUT2D eigenvalue weighted by molar-refractivity contribution is 5.84. The van der Waals surface area contributed by atoms with Crippen LogP contribution in [0.25, 0.3) is 0 Å². The number of benzene rings is 2. The third-order valence-electron chi connectivity index (χ3n) is 7.20. The van der Waals surface area contributed by atoms with Gasteiger partial charge in [0, 0.05) is 19.1 Å². The molecule has 0 bridgehead atoms. The Bertz CT molecular complexity index is 869. The molecule has 1 saturated carbocycles. The fourth-order valence-corrected chi connectivity index (χ4v) is 5.69. The summed E-state index contributed by atoms with van der Waals surface area (Å²) in [4.78, 5) is 15.8. The molecule has 3 nitrogen and oxygen atoms in total. The first-order valence-electron chi connectivity index (χ1n) is 11.8. The second-order valence-corrected chi connectivity index (χ2v) is 9.74. The van der Waals surface area contributed by atoms with Crippen molar-refractivity contribution in [3.05, 3.63) is 71.5 Å². The predicted molar refractivity (Wildman–Crippen MR) is 123 cm³/mol. The van der Waals surface area contributed by atoms with Crippen LogP contribution in [-0.4, -0.2) is 36.5 Å². The van der Waals surface area contributed by atoms with E-state index in [2.05, 4.69) is 36.2 Å². The Labute approximate surface area is 186 Å². The summed E-state index contributed by atoms with van der Waals surface area (Å²) in [6.07, 6.45) is 4.26. The molecule has 2 fully saturated rings. The minimum Gasteiger partial charge on any atom is -0.352 e. The van der Waals surface area contributed by atoms with E-state index in [9.17, 15) is 9.18 Å². The van der Waals surface area contributed by atoms with Crippen LogP contribution in [0.1, 0.15) is 50.2 Å². The van der Waals surface area contributed by atoms with Crippen LogP contribution in [0.4, 0.5) is 4.39 Å². The summed E-state index contributed by atoms with van der Waals surface area (Å²) in [6, 6.07) is 17.4. The van der Waals surface area contributed by atoms with Gasteiger partial charge >= 0.3 is 0 Å². The second kappa shape index (κ2) is 9.95. The zero-order valence-corrected chi connectivity index (χ0v) is 18.8. The molecule has 2 aromatic carbocycles. The molecule has 2 aromatic rings. The number of halogens is 1. The molecule has 4 atom stereocenters. The van der Waals surface area contributed by atoms with E-state index in [1.165, 1.54) is 12.5 Å². The van der Waals surface area contributed by atoms with Gasteiger partial charge in [0.1, 0.15) is 5.82 Å². The minimum absolute atomic E-state index is 0.0935. The number of carbonyl (C=O) groups excluding carboxylic acids is 1. The highest BCUT2D eigenvalue weighted by Crippen LogP contribution is 2.39. The number of likely N-dealkylation sites (tertiary alicyclic amines) is 1. The zero-order valence-electron chi connectivity index (χ0n) is 18.8. The molecule has 0 radical (unpaired) electrons. The number of amides is 1. The standard InChI is InChI=1S/C27H35FN2O/c1-19(2)26(21-10-4-3-5-11-21)27(31)29-25-14-13-22-17-30(18-24(22)25)15-7-9-20-8-6-12-23(28)16-20/h3-6,8,10-12,16,19,22,24-26H,7,9,13-15,17-18H2,1-2H3,(H,29,31)/t22-,24+,25+,26?/m1/s1. The lowest BCUT2D eigenvalue weighted by molar-refractivity contribution is -0.124. The van der Waals surface area contributed by atoms with Gasteiger partial charge in [-0.15, -0.1) is 0 Å². The van der Waals surface area contributed by atoms with Gasteiger partial charge in [0.25, 0.3) is 0 Å². The molecule has 31 heavy (non-hydrogen) atoms. The van der Waals surface area contributed by atoms with Crippen molar-refractivity contribution in [2.75, 3.05) is 19.6 Å². The van der Waals surface area contributed by atoms with Gasteiger partial charge in [0.15, 0.2) is 0 Å². The molecule has 1 amide bonds. The second-order valence-electron chi connectivity index (χ2n) is 9.74. The van der Waals surface area contributed by atoms with Crippen molar-refractivity contribution in [2.24, 2.45) is 17.8 Å². The van der Waals surface area contributed by atoms with Crippen LogP contribution in [0, 0.1) is 23.6 Å². The van der Waals surface area contributed by atoms with Gasteiger partial charge in [-0.25, -0.2) is 4.39 Å². The van der Waals surface area contributed by atoms with Gasteiger partial charge in [-0.05, 0) is 73.2 Å². The van der Waals surface area contributed by atoms with Crippen molar-refractivity contribution >= 4 is 5.91 Å². The van der Waals surface area contributed by atoms with Gasteiger partial charge in [0.2, 0.25) is 5.91 Å². The Morgan fingerprint density at radius 2 is 1.90 bits per heavy atom.